The maximum atomic E-state index is 9.33. The minimum Gasteiger partial charge on any atom is -0.497 e. The van der Waals surface area contributed by atoms with Crippen LogP contribution >= 0.6 is 11.6 Å². The van der Waals surface area contributed by atoms with Crippen molar-refractivity contribution in [3.63, 3.8) is 0 Å². The molecule has 3 heteroatoms. The van der Waals surface area contributed by atoms with E-state index in [0.717, 1.165) is 16.9 Å². The van der Waals surface area contributed by atoms with E-state index >= 15 is 0 Å². The van der Waals surface area contributed by atoms with E-state index in [1.54, 1.807) is 7.11 Å². The molecule has 0 aliphatic carbocycles. The summed E-state index contributed by atoms with van der Waals surface area (Å²) >= 11 is 6.13. The highest BCUT2D eigenvalue weighted by molar-refractivity contribution is 6.31. The summed E-state index contributed by atoms with van der Waals surface area (Å²) in [6, 6.07) is 17.5. The van der Waals surface area contributed by atoms with Gasteiger partial charge in [-0.15, -0.1) is 0 Å². The Morgan fingerprint density at radius 1 is 1.16 bits per heavy atom. The fraction of sp³-hybridized carbons (Fsp3) is 0.188. The molecule has 0 fully saturated rings. The molecule has 0 spiro atoms. The molecule has 2 nitrogen and oxygen atoms in total. The quantitative estimate of drug-likeness (QED) is 0.835. The number of halogens is 1. The third kappa shape index (κ3) is 3.27. The maximum absolute atomic E-state index is 9.33. The second-order valence-electron chi connectivity index (χ2n) is 4.25. The Kier molecular flexibility index (Phi) is 4.43. The van der Waals surface area contributed by atoms with E-state index in [1.165, 1.54) is 0 Å². The summed E-state index contributed by atoms with van der Waals surface area (Å²) in [4.78, 5) is 0. The van der Waals surface area contributed by atoms with Gasteiger partial charge in [0.25, 0.3) is 0 Å². The van der Waals surface area contributed by atoms with Crippen molar-refractivity contribution in [3.05, 3.63) is 64.7 Å². The number of rotatable bonds is 4. The van der Waals surface area contributed by atoms with Crippen LogP contribution in [-0.2, 0) is 6.42 Å². The van der Waals surface area contributed by atoms with Crippen molar-refractivity contribution >= 4 is 11.6 Å². The van der Waals surface area contributed by atoms with Gasteiger partial charge in [0, 0.05) is 5.02 Å². The minimum absolute atomic E-state index is 0.203. The SMILES string of the molecule is COc1ccc(C(C#N)Cc2ccccc2Cl)cc1. The first-order valence-corrected chi connectivity index (χ1v) is 6.39. The number of hydrogen-bond acceptors (Lipinski definition) is 2. The summed E-state index contributed by atoms with van der Waals surface area (Å²) in [6.45, 7) is 0. The Hall–Kier alpha value is -1.98. The molecule has 0 bridgehead atoms. The summed E-state index contributed by atoms with van der Waals surface area (Å²) in [5.41, 5.74) is 1.97. The lowest BCUT2D eigenvalue weighted by Gasteiger charge is -2.11. The summed E-state index contributed by atoms with van der Waals surface area (Å²) in [6.07, 6.45) is 0.614. The number of methoxy groups -OCH3 is 1. The molecule has 2 aromatic carbocycles. The second-order valence-corrected chi connectivity index (χ2v) is 4.66. The van der Waals surface area contributed by atoms with Gasteiger partial charge < -0.3 is 4.74 Å². The smallest absolute Gasteiger partial charge is 0.118 e. The zero-order chi connectivity index (χ0) is 13.7. The molecule has 0 saturated carbocycles. The third-order valence-electron chi connectivity index (χ3n) is 3.06. The Balaban J connectivity index is 2.21. The van der Waals surface area contributed by atoms with Gasteiger partial charge >= 0.3 is 0 Å². The third-order valence-corrected chi connectivity index (χ3v) is 3.42. The van der Waals surface area contributed by atoms with Crippen LogP contribution in [0.4, 0.5) is 0 Å². The van der Waals surface area contributed by atoms with E-state index in [4.69, 9.17) is 16.3 Å². The molecular weight excluding hydrogens is 258 g/mol. The summed E-state index contributed by atoms with van der Waals surface area (Å²) in [5, 5.41) is 10.0. The summed E-state index contributed by atoms with van der Waals surface area (Å²) < 4.78 is 5.12. The molecule has 0 aliphatic rings. The number of benzene rings is 2. The van der Waals surface area contributed by atoms with Crippen LogP contribution in [0.15, 0.2) is 48.5 Å². The van der Waals surface area contributed by atoms with Crippen LogP contribution in [0.1, 0.15) is 17.0 Å². The van der Waals surface area contributed by atoms with E-state index < -0.39 is 0 Å². The lowest BCUT2D eigenvalue weighted by molar-refractivity contribution is 0.414. The highest BCUT2D eigenvalue weighted by atomic mass is 35.5. The largest absolute Gasteiger partial charge is 0.497 e. The molecule has 2 rings (SSSR count). The van der Waals surface area contributed by atoms with E-state index in [0.29, 0.717) is 11.4 Å². The van der Waals surface area contributed by atoms with Gasteiger partial charge in [-0.3, -0.25) is 0 Å². The molecule has 1 unspecified atom stereocenters. The predicted octanol–water partition coefficient (Wildman–Crippen LogP) is 4.20. The first-order valence-electron chi connectivity index (χ1n) is 6.01. The van der Waals surface area contributed by atoms with Crippen molar-refractivity contribution in [3.8, 4) is 11.8 Å². The highest BCUT2D eigenvalue weighted by Crippen LogP contribution is 2.26. The molecule has 0 N–H and O–H groups in total. The van der Waals surface area contributed by atoms with E-state index in [-0.39, 0.29) is 5.92 Å². The fourth-order valence-electron chi connectivity index (χ4n) is 1.96. The van der Waals surface area contributed by atoms with Crippen LogP contribution in [0.3, 0.4) is 0 Å². The van der Waals surface area contributed by atoms with Crippen molar-refractivity contribution in [2.75, 3.05) is 7.11 Å². The van der Waals surface area contributed by atoms with Crippen molar-refractivity contribution in [1.29, 1.82) is 5.26 Å². The van der Waals surface area contributed by atoms with E-state index in [1.807, 2.05) is 48.5 Å². The summed E-state index contributed by atoms with van der Waals surface area (Å²) in [7, 11) is 1.63. The lowest BCUT2D eigenvalue weighted by Crippen LogP contribution is -2.01. The number of hydrogen-bond donors (Lipinski definition) is 0. The van der Waals surface area contributed by atoms with Gasteiger partial charge in [-0.25, -0.2) is 0 Å². The average Bonchev–Trinajstić information content (AvgIpc) is 2.47. The standard InChI is InChI=1S/C16H14ClNO/c1-19-15-8-6-12(7-9-15)14(11-18)10-13-4-2-3-5-16(13)17/h2-9,14H,10H2,1H3. The molecule has 0 aliphatic heterocycles. The van der Waals surface area contributed by atoms with Crippen LogP contribution in [0.5, 0.6) is 5.75 Å². The number of nitriles is 1. The van der Waals surface area contributed by atoms with E-state index in [9.17, 15) is 5.26 Å². The predicted molar refractivity (Wildman–Crippen MR) is 76.5 cm³/mol. The van der Waals surface area contributed by atoms with Crippen molar-refractivity contribution < 1.29 is 4.74 Å². The first-order chi connectivity index (χ1) is 9.24. The first kappa shape index (κ1) is 13.5. The monoisotopic (exact) mass is 271 g/mol. The Labute approximate surface area is 118 Å². The minimum atomic E-state index is -0.203. The Morgan fingerprint density at radius 3 is 2.42 bits per heavy atom. The highest BCUT2D eigenvalue weighted by Gasteiger charge is 2.13. The molecule has 0 radical (unpaired) electrons. The molecule has 96 valence electrons. The van der Waals surface area contributed by atoms with Gasteiger partial charge in [-0.05, 0) is 35.7 Å². The number of ether oxygens (including phenoxy) is 1. The van der Waals surface area contributed by atoms with Crippen molar-refractivity contribution in [2.24, 2.45) is 0 Å². The summed E-state index contributed by atoms with van der Waals surface area (Å²) in [5.74, 6) is 0.587. The van der Waals surface area contributed by atoms with Gasteiger partial charge in [0.15, 0.2) is 0 Å². The normalized spacial score (nSPS) is 11.6. The van der Waals surface area contributed by atoms with Crippen LogP contribution in [-0.4, -0.2) is 7.11 Å². The van der Waals surface area contributed by atoms with Crippen LogP contribution < -0.4 is 4.74 Å². The second kappa shape index (κ2) is 6.26. The van der Waals surface area contributed by atoms with Crippen molar-refractivity contribution in [1.82, 2.24) is 0 Å². The van der Waals surface area contributed by atoms with Crippen molar-refractivity contribution in [2.45, 2.75) is 12.3 Å². The molecule has 1 atom stereocenters. The molecule has 0 aromatic heterocycles. The van der Waals surface area contributed by atoms with Gasteiger partial charge in [0.2, 0.25) is 0 Å². The Morgan fingerprint density at radius 2 is 1.84 bits per heavy atom. The lowest BCUT2D eigenvalue weighted by atomic mass is 9.93. The molecule has 19 heavy (non-hydrogen) atoms. The van der Waals surface area contributed by atoms with Crippen LogP contribution in [0, 0.1) is 11.3 Å². The zero-order valence-electron chi connectivity index (χ0n) is 10.6. The van der Waals surface area contributed by atoms with Crippen LogP contribution in [0.2, 0.25) is 5.02 Å². The van der Waals surface area contributed by atoms with Gasteiger partial charge in [0.1, 0.15) is 5.75 Å². The molecule has 2 aromatic rings. The van der Waals surface area contributed by atoms with Gasteiger partial charge in [-0.2, -0.15) is 5.26 Å². The topological polar surface area (TPSA) is 33.0 Å². The molecular formula is C16H14ClNO. The fourth-order valence-corrected chi connectivity index (χ4v) is 2.17. The van der Waals surface area contributed by atoms with Gasteiger partial charge in [-0.1, -0.05) is 41.9 Å². The average molecular weight is 272 g/mol. The zero-order valence-corrected chi connectivity index (χ0v) is 11.4. The molecule has 0 amide bonds. The Bertz CT molecular complexity index is 586. The van der Waals surface area contributed by atoms with Crippen LogP contribution in [0.25, 0.3) is 0 Å². The molecule has 0 heterocycles. The number of nitrogens with zero attached hydrogens (tertiary/aromatic N) is 1. The van der Waals surface area contributed by atoms with E-state index in [2.05, 4.69) is 6.07 Å². The maximum Gasteiger partial charge on any atom is 0.118 e. The van der Waals surface area contributed by atoms with Gasteiger partial charge in [0.05, 0.1) is 19.1 Å². The molecule has 0 saturated heterocycles.